The van der Waals surface area contributed by atoms with Crippen molar-refractivity contribution in [2.24, 2.45) is 0 Å². The van der Waals surface area contributed by atoms with E-state index >= 15 is 0 Å². The maximum Gasteiger partial charge on any atom is 0.270 e. The first-order valence-electron chi connectivity index (χ1n) is 8.85. The lowest BCUT2D eigenvalue weighted by molar-refractivity contribution is -0.384. The number of aromatic nitrogens is 1. The lowest BCUT2D eigenvalue weighted by Gasteiger charge is -2.33. The van der Waals surface area contributed by atoms with Crippen LogP contribution in [0.3, 0.4) is 0 Å². The van der Waals surface area contributed by atoms with Crippen LogP contribution >= 0.6 is 11.3 Å². The number of sulfonamides is 1. The van der Waals surface area contributed by atoms with Crippen LogP contribution in [0.1, 0.15) is 5.56 Å². The standard InChI is InChI=1S/C18H18N4O5S2/c1-12-2-5-15(23)17(10-12)29(26,27)21-8-6-20(7-9-21)18-19-14-4-3-13(22(24)25)11-16(14)28-18/h2-5,10-11,23H,6-9H2,1H3. The SMILES string of the molecule is Cc1ccc(O)c(S(=O)(=O)N2CCN(c3nc4ccc([N+](=O)[O-])cc4s3)CC2)c1. The second kappa shape index (κ2) is 7.25. The van der Waals surface area contributed by atoms with Gasteiger partial charge in [0.25, 0.3) is 5.69 Å². The molecule has 0 amide bonds. The van der Waals surface area contributed by atoms with Crippen LogP contribution in [0.25, 0.3) is 10.2 Å². The number of benzene rings is 2. The predicted molar refractivity (Wildman–Crippen MR) is 110 cm³/mol. The summed E-state index contributed by atoms with van der Waals surface area (Å²) in [5, 5.41) is 21.6. The third kappa shape index (κ3) is 3.63. The molecule has 0 saturated carbocycles. The van der Waals surface area contributed by atoms with Gasteiger partial charge in [0.2, 0.25) is 10.0 Å². The molecule has 1 aliphatic heterocycles. The number of rotatable bonds is 4. The number of anilines is 1. The van der Waals surface area contributed by atoms with Gasteiger partial charge in [0.1, 0.15) is 10.6 Å². The topological polar surface area (TPSA) is 117 Å². The van der Waals surface area contributed by atoms with E-state index in [-0.39, 0.29) is 29.4 Å². The summed E-state index contributed by atoms with van der Waals surface area (Å²) in [6.45, 7) is 3.16. The van der Waals surface area contributed by atoms with Crippen molar-refractivity contribution in [2.75, 3.05) is 31.1 Å². The van der Waals surface area contributed by atoms with Gasteiger partial charge >= 0.3 is 0 Å². The Kier molecular flexibility index (Phi) is 4.89. The number of aromatic hydroxyl groups is 1. The molecule has 0 bridgehead atoms. The molecule has 2 aromatic carbocycles. The maximum atomic E-state index is 12.9. The normalized spacial score (nSPS) is 15.7. The predicted octanol–water partition coefficient (Wildman–Crippen LogP) is 2.73. The van der Waals surface area contributed by atoms with Crippen LogP contribution in [0.2, 0.25) is 0 Å². The van der Waals surface area contributed by atoms with Crippen molar-refractivity contribution in [3.63, 3.8) is 0 Å². The zero-order valence-electron chi connectivity index (χ0n) is 15.5. The van der Waals surface area contributed by atoms with E-state index in [4.69, 9.17) is 0 Å². The summed E-state index contributed by atoms with van der Waals surface area (Å²) in [6, 6.07) is 9.05. The van der Waals surface area contributed by atoms with E-state index in [0.29, 0.717) is 28.4 Å². The summed E-state index contributed by atoms with van der Waals surface area (Å²) in [4.78, 5) is 16.9. The fraction of sp³-hybridized carbons (Fsp3) is 0.278. The van der Waals surface area contributed by atoms with Gasteiger partial charge in [-0.15, -0.1) is 0 Å². The molecule has 3 aromatic rings. The van der Waals surface area contributed by atoms with Gasteiger partial charge in [-0.3, -0.25) is 10.1 Å². The molecular weight excluding hydrogens is 416 g/mol. The first-order valence-corrected chi connectivity index (χ1v) is 11.1. The molecule has 0 atom stereocenters. The van der Waals surface area contributed by atoms with Crippen LogP contribution in [-0.2, 0) is 10.0 Å². The second-order valence-corrected chi connectivity index (χ2v) is 9.68. The summed E-state index contributed by atoms with van der Waals surface area (Å²) in [7, 11) is -3.80. The molecule has 0 spiro atoms. The number of non-ortho nitro benzene ring substituents is 1. The quantitative estimate of drug-likeness (QED) is 0.496. The summed E-state index contributed by atoms with van der Waals surface area (Å²) < 4.78 is 27.9. The molecule has 9 nitrogen and oxygen atoms in total. The van der Waals surface area contributed by atoms with Gasteiger partial charge in [-0.25, -0.2) is 13.4 Å². The van der Waals surface area contributed by atoms with Crippen molar-refractivity contribution in [2.45, 2.75) is 11.8 Å². The molecule has 11 heteroatoms. The lowest BCUT2D eigenvalue weighted by Crippen LogP contribution is -2.48. The number of hydrogen-bond acceptors (Lipinski definition) is 8. The fourth-order valence-corrected chi connectivity index (χ4v) is 5.88. The van der Waals surface area contributed by atoms with Crippen molar-refractivity contribution < 1.29 is 18.4 Å². The Morgan fingerprint density at radius 3 is 2.55 bits per heavy atom. The fourth-order valence-electron chi connectivity index (χ4n) is 3.24. The highest BCUT2D eigenvalue weighted by Crippen LogP contribution is 2.33. The summed E-state index contributed by atoms with van der Waals surface area (Å²) >= 11 is 1.35. The summed E-state index contributed by atoms with van der Waals surface area (Å²) in [5.74, 6) is -0.259. The number of nitro groups is 1. The molecule has 152 valence electrons. The Hall–Kier alpha value is -2.76. The van der Waals surface area contributed by atoms with Crippen molar-refractivity contribution in [1.29, 1.82) is 0 Å². The van der Waals surface area contributed by atoms with Crippen molar-refractivity contribution >= 4 is 42.4 Å². The number of piperazine rings is 1. The Balaban J connectivity index is 1.53. The molecule has 2 heterocycles. The number of nitro benzene ring substituents is 1. The number of nitrogens with zero attached hydrogens (tertiary/aromatic N) is 4. The highest BCUT2D eigenvalue weighted by Gasteiger charge is 2.31. The van der Waals surface area contributed by atoms with E-state index in [2.05, 4.69) is 4.98 Å². The Labute approximate surface area is 171 Å². The molecule has 1 N–H and O–H groups in total. The first kappa shape index (κ1) is 19.6. The average molecular weight is 434 g/mol. The van der Waals surface area contributed by atoms with E-state index in [9.17, 15) is 23.6 Å². The second-order valence-electron chi connectivity index (χ2n) is 6.77. The molecule has 1 aromatic heterocycles. The molecule has 4 rings (SSSR count). The summed E-state index contributed by atoms with van der Waals surface area (Å²) in [6.07, 6.45) is 0. The van der Waals surface area contributed by atoms with Gasteiger partial charge < -0.3 is 10.0 Å². The minimum absolute atomic E-state index is 0.0153. The van der Waals surface area contributed by atoms with E-state index < -0.39 is 14.9 Å². The van der Waals surface area contributed by atoms with Crippen LogP contribution in [0.15, 0.2) is 41.3 Å². The number of aryl methyl sites for hydroxylation is 1. The van der Waals surface area contributed by atoms with Crippen LogP contribution in [0.4, 0.5) is 10.8 Å². The Morgan fingerprint density at radius 1 is 1.14 bits per heavy atom. The zero-order valence-corrected chi connectivity index (χ0v) is 17.1. The van der Waals surface area contributed by atoms with Crippen LogP contribution in [0.5, 0.6) is 5.75 Å². The van der Waals surface area contributed by atoms with E-state index in [1.165, 1.54) is 39.9 Å². The van der Waals surface area contributed by atoms with Crippen molar-refractivity contribution in [3.8, 4) is 5.75 Å². The third-order valence-corrected chi connectivity index (χ3v) is 7.82. The number of hydrogen-bond donors (Lipinski definition) is 1. The molecule has 1 aliphatic rings. The van der Waals surface area contributed by atoms with Crippen LogP contribution in [-0.4, -0.2) is 53.9 Å². The molecule has 0 aliphatic carbocycles. The number of phenolic OH excluding ortho intramolecular Hbond substituents is 1. The maximum absolute atomic E-state index is 12.9. The van der Waals surface area contributed by atoms with Gasteiger partial charge in [0.05, 0.1) is 15.1 Å². The van der Waals surface area contributed by atoms with Gasteiger partial charge in [-0.1, -0.05) is 17.4 Å². The highest BCUT2D eigenvalue weighted by atomic mass is 32.2. The number of phenols is 1. The average Bonchev–Trinajstić information content (AvgIpc) is 3.13. The Morgan fingerprint density at radius 2 is 1.86 bits per heavy atom. The molecule has 0 radical (unpaired) electrons. The zero-order chi connectivity index (χ0) is 20.8. The highest BCUT2D eigenvalue weighted by molar-refractivity contribution is 7.89. The monoisotopic (exact) mass is 434 g/mol. The minimum Gasteiger partial charge on any atom is -0.507 e. The molecular formula is C18H18N4O5S2. The summed E-state index contributed by atoms with van der Waals surface area (Å²) in [5.41, 5.74) is 1.44. The number of fused-ring (bicyclic) bond motifs is 1. The van der Waals surface area contributed by atoms with Gasteiger partial charge in [0, 0.05) is 38.3 Å². The molecule has 29 heavy (non-hydrogen) atoms. The molecule has 1 fully saturated rings. The van der Waals surface area contributed by atoms with E-state index in [1.807, 2.05) is 4.90 Å². The third-order valence-electron chi connectivity index (χ3n) is 4.81. The molecule has 1 saturated heterocycles. The van der Waals surface area contributed by atoms with Gasteiger partial charge in [-0.05, 0) is 30.7 Å². The van der Waals surface area contributed by atoms with Gasteiger partial charge in [-0.2, -0.15) is 4.31 Å². The van der Waals surface area contributed by atoms with Crippen molar-refractivity contribution in [1.82, 2.24) is 9.29 Å². The van der Waals surface area contributed by atoms with E-state index in [0.717, 1.165) is 5.56 Å². The van der Waals surface area contributed by atoms with Gasteiger partial charge in [0.15, 0.2) is 5.13 Å². The molecule has 0 unspecified atom stereocenters. The minimum atomic E-state index is -3.80. The lowest BCUT2D eigenvalue weighted by atomic mass is 10.2. The first-order chi connectivity index (χ1) is 13.8. The Bertz CT molecular complexity index is 1200. The number of thiazole rings is 1. The van der Waals surface area contributed by atoms with Crippen LogP contribution < -0.4 is 4.90 Å². The van der Waals surface area contributed by atoms with Crippen molar-refractivity contribution in [3.05, 3.63) is 52.1 Å². The van der Waals surface area contributed by atoms with Crippen LogP contribution in [0, 0.1) is 17.0 Å². The smallest absolute Gasteiger partial charge is 0.270 e. The largest absolute Gasteiger partial charge is 0.507 e. The van der Waals surface area contributed by atoms with E-state index in [1.54, 1.807) is 19.1 Å².